The fraction of sp³-hybridized carbons (Fsp3) is 0.304. The van der Waals surface area contributed by atoms with E-state index in [9.17, 15) is 0 Å². The van der Waals surface area contributed by atoms with E-state index in [2.05, 4.69) is 21.2 Å². The van der Waals surface area contributed by atoms with Crippen molar-refractivity contribution < 1.29 is 18.6 Å². The Morgan fingerprint density at radius 1 is 0.967 bits per heavy atom. The Balaban J connectivity index is 1.48. The Hall–Kier alpha value is -3.32. The van der Waals surface area contributed by atoms with Gasteiger partial charge in [-0.3, -0.25) is 4.90 Å². The molecule has 7 nitrogen and oxygen atoms in total. The van der Waals surface area contributed by atoms with Crippen LogP contribution in [0.5, 0.6) is 17.2 Å². The molecule has 30 heavy (non-hydrogen) atoms. The summed E-state index contributed by atoms with van der Waals surface area (Å²) in [5.41, 5.74) is 3.10. The highest BCUT2D eigenvalue weighted by molar-refractivity contribution is 5.77. The Morgan fingerprint density at radius 3 is 2.30 bits per heavy atom. The Morgan fingerprint density at radius 2 is 1.70 bits per heavy atom. The third-order valence-corrected chi connectivity index (χ3v) is 5.18. The third kappa shape index (κ3) is 4.16. The number of nitrogens with zero attached hydrogens (tertiary/aromatic N) is 3. The van der Waals surface area contributed by atoms with Gasteiger partial charge in [-0.2, -0.15) is 0 Å². The number of hydrogen-bond acceptors (Lipinski definition) is 7. The molecule has 0 atom stereocenters. The summed E-state index contributed by atoms with van der Waals surface area (Å²) in [6, 6.07) is 13.6. The topological polar surface area (TPSA) is 69.9 Å². The van der Waals surface area contributed by atoms with Gasteiger partial charge in [-0.1, -0.05) is 24.3 Å². The smallest absolute Gasteiger partial charge is 0.247 e. The van der Waals surface area contributed by atoms with Crippen LogP contribution < -0.4 is 14.2 Å². The van der Waals surface area contributed by atoms with Crippen LogP contribution in [-0.2, 0) is 6.54 Å². The number of aromatic nitrogens is 2. The second-order valence-electron chi connectivity index (χ2n) is 6.99. The first kappa shape index (κ1) is 20.0. The number of rotatable bonds is 7. The normalized spacial score (nSPS) is 14.3. The van der Waals surface area contributed by atoms with Crippen LogP contribution in [0.2, 0.25) is 0 Å². The first-order chi connectivity index (χ1) is 14.7. The van der Waals surface area contributed by atoms with E-state index in [4.69, 9.17) is 18.6 Å². The van der Waals surface area contributed by atoms with Gasteiger partial charge in [0.05, 0.1) is 33.4 Å². The van der Waals surface area contributed by atoms with Crippen molar-refractivity contribution >= 4 is 5.57 Å². The van der Waals surface area contributed by atoms with Crippen molar-refractivity contribution in [2.75, 3.05) is 34.4 Å². The van der Waals surface area contributed by atoms with Gasteiger partial charge in [0.2, 0.25) is 11.8 Å². The molecule has 156 valence electrons. The van der Waals surface area contributed by atoms with Crippen LogP contribution >= 0.6 is 0 Å². The van der Waals surface area contributed by atoms with Gasteiger partial charge in [0, 0.05) is 30.8 Å². The zero-order valence-corrected chi connectivity index (χ0v) is 17.4. The van der Waals surface area contributed by atoms with Gasteiger partial charge in [-0.05, 0) is 24.1 Å². The SMILES string of the molecule is COc1cc(OC)c(C2=CCN(Cc3nnc(-c4ccccc4)o3)CC2)c(OC)c1. The summed E-state index contributed by atoms with van der Waals surface area (Å²) < 4.78 is 22.4. The van der Waals surface area contributed by atoms with E-state index in [0.717, 1.165) is 42.1 Å². The van der Waals surface area contributed by atoms with Gasteiger partial charge in [0.15, 0.2) is 0 Å². The lowest BCUT2D eigenvalue weighted by atomic mass is 9.97. The Kier molecular flexibility index (Phi) is 5.99. The highest BCUT2D eigenvalue weighted by Gasteiger charge is 2.22. The zero-order chi connectivity index (χ0) is 20.9. The maximum Gasteiger partial charge on any atom is 0.247 e. The quantitative estimate of drug-likeness (QED) is 0.585. The molecule has 1 aliphatic heterocycles. The average molecular weight is 407 g/mol. The fourth-order valence-corrected chi connectivity index (χ4v) is 3.61. The van der Waals surface area contributed by atoms with E-state index >= 15 is 0 Å². The monoisotopic (exact) mass is 407 g/mol. The molecule has 0 spiro atoms. The fourth-order valence-electron chi connectivity index (χ4n) is 3.61. The third-order valence-electron chi connectivity index (χ3n) is 5.18. The maximum absolute atomic E-state index is 5.84. The van der Waals surface area contributed by atoms with Crippen LogP contribution in [0.4, 0.5) is 0 Å². The molecule has 0 saturated carbocycles. The van der Waals surface area contributed by atoms with Crippen molar-refractivity contribution in [3.63, 3.8) is 0 Å². The van der Waals surface area contributed by atoms with Crippen molar-refractivity contribution in [3.05, 3.63) is 60.0 Å². The Bertz CT molecular complexity index is 1000. The molecular formula is C23H25N3O4. The molecular weight excluding hydrogens is 382 g/mol. The average Bonchev–Trinajstić information content (AvgIpc) is 3.27. The molecule has 7 heteroatoms. The van der Waals surface area contributed by atoms with E-state index in [1.807, 2.05) is 42.5 Å². The molecule has 1 aromatic heterocycles. The molecule has 3 aromatic rings. The van der Waals surface area contributed by atoms with Crippen molar-refractivity contribution in [3.8, 4) is 28.7 Å². The van der Waals surface area contributed by atoms with Crippen LogP contribution in [0.25, 0.3) is 17.0 Å². The first-order valence-electron chi connectivity index (χ1n) is 9.81. The molecule has 4 rings (SSSR count). The summed E-state index contributed by atoms with van der Waals surface area (Å²) >= 11 is 0. The number of ether oxygens (including phenoxy) is 3. The van der Waals surface area contributed by atoms with E-state index in [1.165, 1.54) is 5.57 Å². The van der Waals surface area contributed by atoms with Crippen LogP contribution in [0.1, 0.15) is 17.9 Å². The molecule has 0 radical (unpaired) electrons. The van der Waals surface area contributed by atoms with Crippen molar-refractivity contribution in [2.45, 2.75) is 13.0 Å². The molecule has 0 aliphatic carbocycles. The minimum atomic E-state index is 0.548. The number of hydrogen-bond donors (Lipinski definition) is 0. The second-order valence-corrected chi connectivity index (χ2v) is 6.99. The van der Waals surface area contributed by atoms with E-state index in [0.29, 0.717) is 24.1 Å². The lowest BCUT2D eigenvalue weighted by Crippen LogP contribution is -2.28. The van der Waals surface area contributed by atoms with Gasteiger partial charge < -0.3 is 18.6 Å². The second kappa shape index (κ2) is 9.00. The molecule has 0 N–H and O–H groups in total. The summed E-state index contributed by atoms with van der Waals surface area (Å²) in [4.78, 5) is 2.27. The molecule has 2 heterocycles. The minimum absolute atomic E-state index is 0.548. The van der Waals surface area contributed by atoms with Gasteiger partial charge in [-0.15, -0.1) is 10.2 Å². The predicted octanol–water partition coefficient (Wildman–Crippen LogP) is 4.05. The van der Waals surface area contributed by atoms with Crippen molar-refractivity contribution in [1.29, 1.82) is 0 Å². The van der Waals surface area contributed by atoms with Crippen molar-refractivity contribution in [1.82, 2.24) is 15.1 Å². The van der Waals surface area contributed by atoms with Gasteiger partial charge in [0.25, 0.3) is 0 Å². The maximum atomic E-state index is 5.84. The van der Waals surface area contributed by atoms with Gasteiger partial charge in [-0.25, -0.2) is 0 Å². The van der Waals surface area contributed by atoms with Crippen molar-refractivity contribution in [2.24, 2.45) is 0 Å². The van der Waals surface area contributed by atoms with Gasteiger partial charge >= 0.3 is 0 Å². The van der Waals surface area contributed by atoms with Crippen LogP contribution in [0.15, 0.2) is 53.0 Å². The molecule has 1 aliphatic rings. The molecule has 0 bridgehead atoms. The minimum Gasteiger partial charge on any atom is -0.496 e. The summed E-state index contributed by atoms with van der Waals surface area (Å²) in [5.74, 6) is 3.36. The van der Waals surface area contributed by atoms with Crippen LogP contribution in [0, 0.1) is 0 Å². The largest absolute Gasteiger partial charge is 0.496 e. The van der Waals surface area contributed by atoms with Crippen LogP contribution in [-0.4, -0.2) is 49.5 Å². The highest BCUT2D eigenvalue weighted by atomic mass is 16.5. The zero-order valence-electron chi connectivity index (χ0n) is 17.4. The summed E-state index contributed by atoms with van der Waals surface area (Å²) in [7, 11) is 4.95. The lowest BCUT2D eigenvalue weighted by molar-refractivity contribution is 0.262. The van der Waals surface area contributed by atoms with Gasteiger partial charge in [0.1, 0.15) is 17.2 Å². The molecule has 2 aromatic carbocycles. The number of benzene rings is 2. The first-order valence-corrected chi connectivity index (χ1v) is 9.81. The van der Waals surface area contributed by atoms with E-state index in [1.54, 1.807) is 21.3 Å². The van der Waals surface area contributed by atoms with E-state index < -0.39 is 0 Å². The molecule has 0 unspecified atom stereocenters. The molecule has 0 saturated heterocycles. The van der Waals surface area contributed by atoms with E-state index in [-0.39, 0.29) is 0 Å². The highest BCUT2D eigenvalue weighted by Crippen LogP contribution is 2.40. The summed E-state index contributed by atoms with van der Waals surface area (Å²) in [6.07, 6.45) is 3.06. The lowest BCUT2D eigenvalue weighted by Gasteiger charge is -2.26. The van der Waals surface area contributed by atoms with Crippen LogP contribution in [0.3, 0.4) is 0 Å². The standard InChI is InChI=1S/C23H25N3O4/c1-27-18-13-19(28-2)22(20(14-18)29-3)16-9-11-26(12-10-16)15-21-24-25-23(30-21)17-7-5-4-6-8-17/h4-9,13-14H,10-12,15H2,1-3H3. The Labute approximate surface area is 175 Å². The molecule has 0 amide bonds. The summed E-state index contributed by atoms with van der Waals surface area (Å²) in [6.45, 7) is 2.25. The molecule has 0 fully saturated rings. The summed E-state index contributed by atoms with van der Waals surface area (Å²) in [5, 5.41) is 8.38. The predicted molar refractivity (Wildman–Crippen MR) is 114 cm³/mol. The number of methoxy groups -OCH3 is 3.